The van der Waals surface area contributed by atoms with Gasteiger partial charge < -0.3 is 9.66 Å². The van der Waals surface area contributed by atoms with Gasteiger partial charge in [-0.1, -0.05) is 110 Å². The van der Waals surface area contributed by atoms with Crippen LogP contribution in [-0.4, -0.2) is 29.4 Å². The Morgan fingerprint density at radius 3 is 1.34 bits per heavy atom. The van der Waals surface area contributed by atoms with Crippen LogP contribution in [0.5, 0.6) is 0 Å². The maximum absolute atomic E-state index is 11.5. The van der Waals surface area contributed by atoms with E-state index in [4.69, 9.17) is 0 Å². The van der Waals surface area contributed by atoms with Crippen LogP contribution in [0.25, 0.3) is 0 Å². The predicted octanol–water partition coefficient (Wildman–Crippen LogP) is 3.72. The Labute approximate surface area is 204 Å². The molecule has 0 aliphatic carbocycles. The molecule has 0 bridgehead atoms. The minimum atomic E-state index is -4.17. The van der Waals surface area contributed by atoms with Crippen molar-refractivity contribution >= 4 is 10.1 Å². The number of unbranched alkanes of at least 4 members (excludes halogenated alkanes) is 12. The number of hydrogen-bond donors (Lipinski definition) is 1. The van der Waals surface area contributed by atoms with E-state index in [-0.39, 0.29) is 35.7 Å². The van der Waals surface area contributed by atoms with Crippen LogP contribution in [0.2, 0.25) is 0 Å². The first kappa shape index (κ1) is 32.1. The smallest absolute Gasteiger partial charge is 0.748 e. The van der Waals surface area contributed by atoms with Gasteiger partial charge in [0.05, 0.1) is 16.2 Å². The molecule has 0 saturated carbocycles. The second kappa shape index (κ2) is 22.1. The summed E-state index contributed by atoms with van der Waals surface area (Å²) in [5, 5.41) is 9.21. The van der Waals surface area contributed by atoms with Crippen molar-refractivity contribution in [2.45, 2.75) is 147 Å². The van der Waals surface area contributed by atoms with Gasteiger partial charge in [0.1, 0.15) is 0 Å². The van der Waals surface area contributed by atoms with Gasteiger partial charge in [0.25, 0.3) is 0 Å². The van der Waals surface area contributed by atoms with Crippen molar-refractivity contribution in [3.05, 3.63) is 0 Å². The van der Waals surface area contributed by atoms with Gasteiger partial charge in [-0.15, -0.1) is 0 Å². The molecule has 2 unspecified atom stereocenters. The van der Waals surface area contributed by atoms with Crippen LogP contribution in [0.3, 0.4) is 0 Å². The molecule has 0 spiro atoms. The van der Waals surface area contributed by atoms with E-state index >= 15 is 0 Å². The summed E-state index contributed by atoms with van der Waals surface area (Å²) in [6.07, 6.45) is 19.2. The summed E-state index contributed by atoms with van der Waals surface area (Å²) >= 11 is 0. The molecule has 0 rings (SSSR count). The van der Waals surface area contributed by atoms with Gasteiger partial charge in [-0.05, 0) is 25.7 Å². The molecule has 170 valence electrons. The van der Waals surface area contributed by atoms with Crippen LogP contribution in [0.4, 0.5) is 0 Å². The Kier molecular flexibility index (Phi) is 24.4. The first-order valence-electron chi connectivity index (χ1n) is 12.0. The molecule has 0 aromatic carbocycles. The molecule has 0 aromatic rings. The SMILES string of the molecule is CCCCCCCCCC(CCCCCCCC(O)CCCCC)S(=O)(=O)[O-].[Na+]. The summed E-state index contributed by atoms with van der Waals surface area (Å²) < 4.78 is 34.5. The van der Waals surface area contributed by atoms with Crippen molar-refractivity contribution in [1.29, 1.82) is 0 Å². The first-order chi connectivity index (χ1) is 13.4. The van der Waals surface area contributed by atoms with Gasteiger partial charge in [-0.2, -0.15) is 0 Å². The van der Waals surface area contributed by atoms with Crippen LogP contribution < -0.4 is 29.6 Å². The third-order valence-electron chi connectivity index (χ3n) is 5.74. The fourth-order valence-electron chi connectivity index (χ4n) is 3.82. The van der Waals surface area contributed by atoms with Crippen LogP contribution in [-0.2, 0) is 10.1 Å². The maximum Gasteiger partial charge on any atom is 1.00 e. The minimum absolute atomic E-state index is 0. The summed E-state index contributed by atoms with van der Waals surface area (Å²) in [4.78, 5) is 0. The van der Waals surface area contributed by atoms with E-state index in [1.807, 2.05) is 0 Å². The van der Waals surface area contributed by atoms with Crippen LogP contribution in [0, 0.1) is 0 Å². The Morgan fingerprint density at radius 1 is 0.621 bits per heavy atom. The third-order valence-corrected chi connectivity index (χ3v) is 7.03. The van der Waals surface area contributed by atoms with E-state index in [0.717, 1.165) is 70.6 Å². The molecule has 1 N–H and O–H groups in total. The van der Waals surface area contributed by atoms with Crippen molar-refractivity contribution in [3.63, 3.8) is 0 Å². The summed E-state index contributed by atoms with van der Waals surface area (Å²) in [7, 11) is -4.17. The second-order valence-corrected chi connectivity index (χ2v) is 10.2. The van der Waals surface area contributed by atoms with E-state index in [1.54, 1.807) is 0 Å². The number of aliphatic hydroxyl groups is 1. The van der Waals surface area contributed by atoms with Crippen LogP contribution in [0.15, 0.2) is 0 Å². The maximum atomic E-state index is 11.5. The fourth-order valence-corrected chi connectivity index (χ4v) is 4.73. The zero-order chi connectivity index (χ0) is 21.1. The molecule has 0 fully saturated rings. The van der Waals surface area contributed by atoms with Gasteiger partial charge in [0, 0.05) is 5.25 Å². The standard InChI is InChI=1S/C23H48O4S.Na/c1-3-5-7-8-9-12-16-20-23(28(25,26)27)21-17-13-10-11-15-19-22(24)18-14-6-4-2;/h22-24H,3-21H2,1-2H3,(H,25,26,27);/q;+1/p-1. The molecule has 0 aliphatic heterocycles. The monoisotopic (exact) mass is 442 g/mol. The topological polar surface area (TPSA) is 77.4 Å². The largest absolute Gasteiger partial charge is 1.00 e. The zero-order valence-corrected chi connectivity index (χ0v) is 22.5. The molecule has 0 aliphatic rings. The Balaban J connectivity index is 0. The van der Waals surface area contributed by atoms with Gasteiger partial charge in [0.2, 0.25) is 0 Å². The minimum Gasteiger partial charge on any atom is -0.748 e. The van der Waals surface area contributed by atoms with Gasteiger partial charge in [0.15, 0.2) is 0 Å². The van der Waals surface area contributed by atoms with Gasteiger partial charge in [-0.3, -0.25) is 0 Å². The van der Waals surface area contributed by atoms with E-state index in [9.17, 15) is 18.1 Å². The Morgan fingerprint density at radius 2 is 0.931 bits per heavy atom. The van der Waals surface area contributed by atoms with Crippen molar-refractivity contribution < 1.29 is 47.6 Å². The molecule has 0 amide bonds. The van der Waals surface area contributed by atoms with E-state index in [0.29, 0.717) is 12.8 Å². The molecule has 6 heteroatoms. The molecular weight excluding hydrogens is 395 g/mol. The van der Waals surface area contributed by atoms with Crippen LogP contribution >= 0.6 is 0 Å². The fraction of sp³-hybridized carbons (Fsp3) is 1.00. The second-order valence-electron chi connectivity index (χ2n) is 8.52. The molecule has 0 saturated heterocycles. The van der Waals surface area contributed by atoms with Crippen molar-refractivity contribution in [2.75, 3.05) is 0 Å². The molecule has 0 radical (unpaired) electrons. The molecule has 29 heavy (non-hydrogen) atoms. The number of rotatable bonds is 21. The quantitative estimate of drug-likeness (QED) is 0.167. The molecule has 0 heterocycles. The zero-order valence-electron chi connectivity index (χ0n) is 19.7. The van der Waals surface area contributed by atoms with Crippen molar-refractivity contribution in [2.24, 2.45) is 0 Å². The normalized spacial score (nSPS) is 13.8. The molecular formula is C23H47NaO4S. The molecule has 4 nitrogen and oxygen atoms in total. The Bertz CT molecular complexity index is 429. The summed E-state index contributed by atoms with van der Waals surface area (Å²) in [5.74, 6) is 0. The van der Waals surface area contributed by atoms with E-state index < -0.39 is 15.4 Å². The molecule has 0 aromatic heterocycles. The summed E-state index contributed by atoms with van der Waals surface area (Å²) in [6.45, 7) is 4.37. The summed E-state index contributed by atoms with van der Waals surface area (Å²) in [6, 6.07) is 0. The van der Waals surface area contributed by atoms with Gasteiger partial charge in [-0.25, -0.2) is 8.42 Å². The first-order valence-corrected chi connectivity index (χ1v) is 13.5. The Hall–Kier alpha value is 0.870. The van der Waals surface area contributed by atoms with Crippen LogP contribution in [0.1, 0.15) is 136 Å². The van der Waals surface area contributed by atoms with Gasteiger partial charge >= 0.3 is 29.6 Å². The van der Waals surface area contributed by atoms with E-state index in [2.05, 4.69) is 13.8 Å². The predicted molar refractivity (Wildman–Crippen MR) is 119 cm³/mol. The average molecular weight is 443 g/mol. The van der Waals surface area contributed by atoms with E-state index in [1.165, 1.54) is 38.5 Å². The van der Waals surface area contributed by atoms with Crippen molar-refractivity contribution in [3.8, 4) is 0 Å². The van der Waals surface area contributed by atoms with Crippen molar-refractivity contribution in [1.82, 2.24) is 0 Å². The number of hydrogen-bond acceptors (Lipinski definition) is 4. The summed E-state index contributed by atoms with van der Waals surface area (Å²) in [5.41, 5.74) is 0. The third kappa shape index (κ3) is 21.9. The molecule has 2 atom stereocenters. The average Bonchev–Trinajstić information content (AvgIpc) is 2.64. The number of aliphatic hydroxyl groups excluding tert-OH is 1.